The van der Waals surface area contributed by atoms with Crippen LogP contribution in [0.3, 0.4) is 0 Å². The molecule has 0 aromatic heterocycles. The monoisotopic (exact) mass is 166 g/mol. The van der Waals surface area contributed by atoms with Crippen LogP contribution in [0.5, 0.6) is 0 Å². The highest BCUT2D eigenvalue weighted by Crippen LogP contribution is 2.02. The van der Waals surface area contributed by atoms with Crippen molar-refractivity contribution in [2.45, 2.75) is 32.6 Å². The summed E-state index contributed by atoms with van der Waals surface area (Å²) in [4.78, 5) is 10.3. The van der Waals surface area contributed by atoms with Crippen LogP contribution in [0.2, 0.25) is 0 Å². The van der Waals surface area contributed by atoms with Gasteiger partial charge in [-0.05, 0) is 13.8 Å². The molecule has 0 saturated heterocycles. The molecule has 0 aliphatic carbocycles. The third-order valence-corrected chi connectivity index (χ3v) is 0.814. The van der Waals surface area contributed by atoms with Crippen molar-refractivity contribution in [1.82, 2.24) is 0 Å². The van der Waals surface area contributed by atoms with Crippen LogP contribution >= 0.6 is 11.6 Å². The Labute approximate surface area is 65.3 Å². The van der Waals surface area contributed by atoms with Gasteiger partial charge in [-0.3, -0.25) is 4.79 Å². The summed E-state index contributed by atoms with van der Waals surface area (Å²) in [6, 6.07) is 0. The van der Waals surface area contributed by atoms with Crippen molar-refractivity contribution in [2.24, 2.45) is 0 Å². The van der Waals surface area contributed by atoms with Crippen LogP contribution in [0.4, 0.5) is 0 Å². The zero-order chi connectivity index (χ0) is 8.15. The summed E-state index contributed by atoms with van der Waals surface area (Å²) in [5, 5.41) is 0. The molecule has 0 amide bonds. The lowest BCUT2D eigenvalue weighted by molar-refractivity contribution is -0.174. The number of carbonyl (C=O) groups is 1. The Morgan fingerprint density at radius 3 is 2.30 bits per heavy atom. The molecule has 2 atom stereocenters. The van der Waals surface area contributed by atoms with Crippen molar-refractivity contribution < 1.29 is 14.3 Å². The molecule has 0 aliphatic heterocycles. The maximum Gasteiger partial charge on any atom is 0.304 e. The van der Waals surface area contributed by atoms with Crippen LogP contribution < -0.4 is 0 Å². The molecule has 0 rings (SSSR count). The minimum Gasteiger partial charge on any atom is -0.436 e. The van der Waals surface area contributed by atoms with Crippen LogP contribution in [-0.2, 0) is 14.3 Å². The lowest BCUT2D eigenvalue weighted by Crippen LogP contribution is -2.18. The van der Waals surface area contributed by atoms with E-state index in [0.29, 0.717) is 0 Å². The standard InChI is InChI=1S/C6H11ClO3/c1-4(7)9-6(3)10-5(2)8/h4,6H,1-3H3. The van der Waals surface area contributed by atoms with Gasteiger partial charge in [-0.2, -0.15) is 0 Å². The molecule has 0 heterocycles. The maximum atomic E-state index is 10.3. The molecule has 10 heavy (non-hydrogen) atoms. The van der Waals surface area contributed by atoms with Crippen LogP contribution in [0.1, 0.15) is 20.8 Å². The van der Waals surface area contributed by atoms with Crippen LogP contribution in [0, 0.1) is 0 Å². The van der Waals surface area contributed by atoms with Crippen molar-refractivity contribution in [3.8, 4) is 0 Å². The van der Waals surface area contributed by atoms with Crippen LogP contribution in [0.15, 0.2) is 0 Å². The Morgan fingerprint density at radius 2 is 2.00 bits per heavy atom. The molecule has 0 fully saturated rings. The first-order chi connectivity index (χ1) is 4.52. The first-order valence-electron chi connectivity index (χ1n) is 2.99. The van der Waals surface area contributed by atoms with Gasteiger partial charge in [0.25, 0.3) is 0 Å². The molecule has 0 aromatic carbocycles. The lowest BCUT2D eigenvalue weighted by Gasteiger charge is -2.13. The van der Waals surface area contributed by atoms with Gasteiger partial charge in [0.05, 0.1) is 0 Å². The highest BCUT2D eigenvalue weighted by Gasteiger charge is 2.07. The lowest BCUT2D eigenvalue weighted by atomic mass is 10.7. The highest BCUT2D eigenvalue weighted by molar-refractivity contribution is 6.19. The third-order valence-electron chi connectivity index (χ3n) is 0.711. The molecule has 0 spiro atoms. The fourth-order valence-corrected chi connectivity index (χ4v) is 0.670. The summed E-state index contributed by atoms with van der Waals surface area (Å²) in [6.07, 6.45) is -0.565. The Balaban J connectivity index is 3.43. The van der Waals surface area contributed by atoms with E-state index in [1.54, 1.807) is 13.8 Å². The van der Waals surface area contributed by atoms with Crippen LogP contribution in [-0.4, -0.2) is 17.8 Å². The summed E-state index contributed by atoms with van der Waals surface area (Å²) in [5.74, 6) is -0.371. The summed E-state index contributed by atoms with van der Waals surface area (Å²) >= 11 is 5.44. The molecule has 2 unspecified atom stereocenters. The molecule has 0 saturated carbocycles. The topological polar surface area (TPSA) is 35.5 Å². The number of ether oxygens (including phenoxy) is 2. The minimum absolute atomic E-state index is 0.371. The smallest absolute Gasteiger partial charge is 0.304 e. The fraction of sp³-hybridized carbons (Fsp3) is 0.833. The number of halogens is 1. The van der Waals surface area contributed by atoms with Gasteiger partial charge in [0.1, 0.15) is 5.56 Å². The predicted molar refractivity (Wildman–Crippen MR) is 37.6 cm³/mol. The van der Waals surface area contributed by atoms with Gasteiger partial charge >= 0.3 is 5.97 Å². The molecule has 3 nitrogen and oxygen atoms in total. The largest absolute Gasteiger partial charge is 0.436 e. The molecule has 60 valence electrons. The average molecular weight is 167 g/mol. The molecular formula is C6H11ClO3. The Kier molecular flexibility index (Phi) is 4.40. The molecule has 0 bridgehead atoms. The Morgan fingerprint density at radius 1 is 1.50 bits per heavy atom. The summed E-state index contributed by atoms with van der Waals surface area (Å²) in [5.41, 5.74) is -0.436. The van der Waals surface area contributed by atoms with Gasteiger partial charge in [-0.1, -0.05) is 11.6 Å². The third kappa shape index (κ3) is 5.85. The number of esters is 1. The second kappa shape index (κ2) is 4.52. The molecule has 0 aromatic rings. The van der Waals surface area contributed by atoms with Gasteiger partial charge < -0.3 is 9.47 Å². The number of rotatable bonds is 3. The first-order valence-corrected chi connectivity index (χ1v) is 3.42. The highest BCUT2D eigenvalue weighted by atomic mass is 35.5. The Bertz CT molecular complexity index is 114. The van der Waals surface area contributed by atoms with E-state index in [-0.39, 0.29) is 5.97 Å². The number of alkyl halides is 1. The number of hydrogen-bond acceptors (Lipinski definition) is 3. The number of hydrogen-bond donors (Lipinski definition) is 0. The molecule has 0 N–H and O–H groups in total. The molecule has 4 heteroatoms. The predicted octanol–water partition coefficient (Wildman–Crippen LogP) is 1.50. The second-order valence-electron chi connectivity index (χ2n) is 1.86. The summed E-state index contributed by atoms with van der Waals surface area (Å²) < 4.78 is 9.50. The van der Waals surface area contributed by atoms with Gasteiger partial charge in [0, 0.05) is 6.92 Å². The normalized spacial score (nSPS) is 16.0. The zero-order valence-corrected chi connectivity index (χ0v) is 7.01. The fourth-order valence-electron chi connectivity index (χ4n) is 0.526. The van der Waals surface area contributed by atoms with Gasteiger partial charge in [0.15, 0.2) is 0 Å². The van der Waals surface area contributed by atoms with Gasteiger partial charge in [0.2, 0.25) is 6.29 Å². The van der Waals surface area contributed by atoms with Crippen molar-refractivity contribution >= 4 is 17.6 Å². The summed E-state index contributed by atoms with van der Waals surface area (Å²) in [6.45, 7) is 4.58. The maximum absolute atomic E-state index is 10.3. The minimum atomic E-state index is -0.565. The molecule has 0 aliphatic rings. The number of carbonyl (C=O) groups excluding carboxylic acids is 1. The van der Waals surface area contributed by atoms with E-state index < -0.39 is 11.9 Å². The zero-order valence-electron chi connectivity index (χ0n) is 6.26. The van der Waals surface area contributed by atoms with Crippen molar-refractivity contribution in [3.05, 3.63) is 0 Å². The Hall–Kier alpha value is -0.280. The molecule has 0 radical (unpaired) electrons. The van der Waals surface area contributed by atoms with Crippen LogP contribution in [0.25, 0.3) is 0 Å². The summed E-state index contributed by atoms with van der Waals surface area (Å²) in [7, 11) is 0. The van der Waals surface area contributed by atoms with Crippen molar-refractivity contribution in [3.63, 3.8) is 0 Å². The van der Waals surface area contributed by atoms with Gasteiger partial charge in [-0.25, -0.2) is 0 Å². The van der Waals surface area contributed by atoms with Gasteiger partial charge in [-0.15, -0.1) is 0 Å². The second-order valence-corrected chi connectivity index (χ2v) is 2.47. The quantitative estimate of drug-likeness (QED) is 0.362. The molecular weight excluding hydrogens is 156 g/mol. The van der Waals surface area contributed by atoms with E-state index in [2.05, 4.69) is 4.74 Å². The SMILES string of the molecule is CC(=O)OC(C)OC(C)Cl. The van der Waals surface area contributed by atoms with Crippen molar-refractivity contribution in [1.29, 1.82) is 0 Å². The average Bonchev–Trinajstić information content (AvgIpc) is 1.58. The van der Waals surface area contributed by atoms with E-state index in [4.69, 9.17) is 16.3 Å². The van der Waals surface area contributed by atoms with E-state index >= 15 is 0 Å². The van der Waals surface area contributed by atoms with E-state index in [9.17, 15) is 4.79 Å². The van der Waals surface area contributed by atoms with E-state index in [0.717, 1.165) is 0 Å². The van der Waals surface area contributed by atoms with E-state index in [1.807, 2.05) is 0 Å². The van der Waals surface area contributed by atoms with Crippen molar-refractivity contribution in [2.75, 3.05) is 0 Å². The first kappa shape index (κ1) is 9.72. The van der Waals surface area contributed by atoms with E-state index in [1.165, 1.54) is 6.92 Å².